The summed E-state index contributed by atoms with van der Waals surface area (Å²) in [5.74, 6) is -3.68. The van der Waals surface area contributed by atoms with E-state index in [1.807, 2.05) is 0 Å². The zero-order valence-electron chi connectivity index (χ0n) is 16.1. The highest BCUT2D eigenvalue weighted by molar-refractivity contribution is 6.16. The van der Waals surface area contributed by atoms with Gasteiger partial charge in [0.05, 0.1) is 21.6 Å². The van der Waals surface area contributed by atoms with Crippen LogP contribution in [0.1, 0.15) is 26.3 Å². The largest absolute Gasteiger partial charge is 0.464 e. The molecule has 0 aliphatic heterocycles. The van der Waals surface area contributed by atoms with E-state index in [2.05, 4.69) is 9.97 Å². The average Bonchev–Trinajstić information content (AvgIpc) is 3.19. The van der Waals surface area contributed by atoms with Crippen LogP contribution < -0.4 is 5.73 Å². The van der Waals surface area contributed by atoms with Gasteiger partial charge in [0.25, 0.3) is 0 Å². The van der Waals surface area contributed by atoms with Gasteiger partial charge >= 0.3 is 5.91 Å². The third kappa shape index (κ3) is 3.46. The van der Waals surface area contributed by atoms with Crippen LogP contribution in [0.2, 0.25) is 0 Å². The molecule has 2 aromatic heterocycles. The number of pyridine rings is 1. The van der Waals surface area contributed by atoms with Crippen LogP contribution in [0.3, 0.4) is 0 Å². The van der Waals surface area contributed by atoms with Gasteiger partial charge in [-0.3, -0.25) is 4.79 Å². The fourth-order valence-electron chi connectivity index (χ4n) is 3.25. The molecule has 1 amide bonds. The monoisotopic (exact) mass is 421 g/mol. The molecule has 2 heterocycles. The number of halogens is 2. The number of aromatic nitrogens is 2. The van der Waals surface area contributed by atoms with Crippen molar-refractivity contribution in [3.05, 3.63) is 88.1 Å². The molecular formula is C22H15F2N4O3+. The first-order valence-electron chi connectivity index (χ1n) is 9.09. The number of H-pyrrole nitrogens is 1. The van der Waals surface area contributed by atoms with E-state index >= 15 is 0 Å². The number of hydrogen-bond donors (Lipinski definition) is 2. The molecular weight excluding hydrogens is 406 g/mol. The molecule has 0 spiro atoms. The zero-order chi connectivity index (χ0) is 22.3. The van der Waals surface area contributed by atoms with Gasteiger partial charge in [-0.25, -0.2) is 18.6 Å². The van der Waals surface area contributed by atoms with Crippen molar-refractivity contribution >= 4 is 28.4 Å². The molecule has 4 rings (SSSR count). The molecule has 2 aromatic carbocycles. The molecule has 0 aliphatic rings. The highest BCUT2D eigenvalue weighted by Crippen LogP contribution is 2.28. The molecule has 3 N–H and O–H groups in total. The molecule has 154 valence electrons. The Morgan fingerprint density at radius 3 is 2.45 bits per heavy atom. The number of nitrogens with zero attached hydrogens (tertiary/aromatic N) is 2. The lowest BCUT2D eigenvalue weighted by Crippen LogP contribution is -2.12. The smallest absolute Gasteiger partial charge is 0.396 e. The molecule has 31 heavy (non-hydrogen) atoms. The number of ketones is 1. The van der Waals surface area contributed by atoms with Crippen LogP contribution in [0.15, 0.2) is 54.9 Å². The fourth-order valence-corrected chi connectivity index (χ4v) is 3.25. The van der Waals surface area contributed by atoms with Gasteiger partial charge in [0, 0.05) is 33.8 Å². The summed E-state index contributed by atoms with van der Waals surface area (Å²) in [4.78, 5) is 42.9. The van der Waals surface area contributed by atoms with E-state index in [0.717, 1.165) is 19.2 Å². The number of nitroso groups, excluding NO2 is 1. The number of hydrogen-bond acceptors (Lipinski definition) is 5. The van der Waals surface area contributed by atoms with Crippen molar-refractivity contribution < 1.29 is 23.1 Å². The molecule has 0 saturated heterocycles. The summed E-state index contributed by atoms with van der Waals surface area (Å²) < 4.78 is 28.8. The van der Waals surface area contributed by atoms with Crippen LogP contribution >= 0.6 is 0 Å². The Kier molecular flexibility index (Phi) is 4.86. The Morgan fingerprint density at radius 1 is 1.06 bits per heavy atom. The summed E-state index contributed by atoms with van der Waals surface area (Å²) in [5, 5.41) is 0.364. The lowest BCUT2D eigenvalue weighted by Gasteiger charge is -2.06. The maximum atomic E-state index is 14.3. The summed E-state index contributed by atoms with van der Waals surface area (Å²) in [6.45, 7) is 0. The van der Waals surface area contributed by atoms with E-state index in [-0.39, 0.29) is 21.6 Å². The minimum atomic E-state index is -1.12. The van der Waals surface area contributed by atoms with E-state index in [4.69, 9.17) is 5.73 Å². The first kappa shape index (κ1) is 20.0. The lowest BCUT2D eigenvalue weighted by atomic mass is 9.99. The van der Waals surface area contributed by atoms with E-state index in [0.29, 0.717) is 22.2 Å². The SMILES string of the molecule is C[N+](=O)C(=O)c1ccc(-c2cnc3[nH]cc(C(=O)c4c(F)ccc(N)c4F)c3c2)cc1. The molecule has 0 unspecified atom stereocenters. The van der Waals surface area contributed by atoms with Gasteiger partial charge < -0.3 is 10.7 Å². The number of fused-ring (bicyclic) bond motifs is 1. The van der Waals surface area contributed by atoms with Crippen molar-refractivity contribution in [1.29, 1.82) is 0 Å². The number of nitrogens with one attached hydrogen (secondary N) is 1. The fraction of sp³-hybridized carbons (Fsp3) is 0.0455. The number of benzene rings is 2. The molecule has 0 bridgehead atoms. The van der Waals surface area contributed by atoms with Crippen molar-refractivity contribution in [3.8, 4) is 11.1 Å². The van der Waals surface area contributed by atoms with Gasteiger partial charge in [0.1, 0.15) is 11.5 Å². The summed E-state index contributed by atoms with van der Waals surface area (Å²) in [7, 11) is 1.12. The Balaban J connectivity index is 1.77. The van der Waals surface area contributed by atoms with Gasteiger partial charge in [-0.2, -0.15) is 0 Å². The van der Waals surface area contributed by atoms with Crippen LogP contribution in [-0.4, -0.2) is 33.5 Å². The quantitative estimate of drug-likeness (QED) is 0.295. The lowest BCUT2D eigenvalue weighted by molar-refractivity contribution is -0.416. The minimum Gasteiger partial charge on any atom is -0.396 e. The number of aromatic amines is 1. The third-order valence-corrected chi connectivity index (χ3v) is 4.87. The number of nitrogens with two attached hydrogens (primary N) is 1. The van der Waals surface area contributed by atoms with Crippen molar-refractivity contribution in [3.63, 3.8) is 0 Å². The number of rotatable bonds is 4. The molecule has 0 saturated carbocycles. The number of nitrogen functional groups attached to an aromatic ring is 1. The number of anilines is 1. The highest BCUT2D eigenvalue weighted by atomic mass is 19.1. The highest BCUT2D eigenvalue weighted by Gasteiger charge is 2.24. The predicted octanol–water partition coefficient (Wildman–Crippen LogP) is 3.87. The normalized spacial score (nSPS) is 10.9. The summed E-state index contributed by atoms with van der Waals surface area (Å²) >= 11 is 0. The first-order valence-corrected chi connectivity index (χ1v) is 9.09. The third-order valence-electron chi connectivity index (χ3n) is 4.87. The van der Waals surface area contributed by atoms with Crippen molar-refractivity contribution in [2.75, 3.05) is 12.8 Å². The van der Waals surface area contributed by atoms with Crippen molar-refractivity contribution in [2.24, 2.45) is 0 Å². The first-order chi connectivity index (χ1) is 14.8. The topological polar surface area (TPSA) is 109 Å². The summed E-state index contributed by atoms with van der Waals surface area (Å²) in [6.07, 6.45) is 2.88. The van der Waals surface area contributed by atoms with E-state index in [9.17, 15) is 23.3 Å². The maximum Gasteiger partial charge on any atom is 0.464 e. The molecule has 0 atom stereocenters. The number of amides is 1. The number of carbonyl (C=O) groups excluding carboxylic acids is 2. The Hall–Kier alpha value is -4.27. The van der Waals surface area contributed by atoms with Gasteiger partial charge in [0.15, 0.2) is 12.9 Å². The van der Waals surface area contributed by atoms with Crippen molar-refractivity contribution in [2.45, 2.75) is 0 Å². The standard InChI is InChI=1S/C22H14F2N4O3/c1-28(31)22(30)12-4-2-11(3-5-12)13-8-14-15(10-27-21(14)26-9-13)20(29)18-16(23)6-7-17(25)19(18)24/h2-10H,25H2,1H3/p+1. The van der Waals surface area contributed by atoms with Gasteiger partial charge in [-0.15, -0.1) is 0 Å². The van der Waals surface area contributed by atoms with Gasteiger partial charge in [0.2, 0.25) is 5.78 Å². The molecule has 9 heteroatoms. The Bertz CT molecular complexity index is 1380. The Morgan fingerprint density at radius 2 is 1.77 bits per heavy atom. The van der Waals surface area contributed by atoms with E-state index < -0.39 is 28.9 Å². The molecule has 7 nitrogen and oxygen atoms in total. The van der Waals surface area contributed by atoms with Gasteiger partial charge in [-0.1, -0.05) is 12.1 Å². The van der Waals surface area contributed by atoms with Crippen LogP contribution in [0.5, 0.6) is 0 Å². The van der Waals surface area contributed by atoms with Crippen LogP contribution in [0, 0.1) is 16.5 Å². The average molecular weight is 421 g/mol. The summed E-state index contributed by atoms with van der Waals surface area (Å²) in [5.41, 5.74) is 6.30. The molecule has 4 aromatic rings. The minimum absolute atomic E-state index is 0.0347. The van der Waals surface area contributed by atoms with E-state index in [1.165, 1.54) is 18.3 Å². The number of carbonyl (C=O) groups is 2. The van der Waals surface area contributed by atoms with Gasteiger partial charge in [-0.05, 0) is 35.9 Å². The van der Waals surface area contributed by atoms with Crippen molar-refractivity contribution in [1.82, 2.24) is 9.97 Å². The maximum absolute atomic E-state index is 14.3. The second-order valence-corrected chi connectivity index (χ2v) is 6.86. The summed E-state index contributed by atoms with van der Waals surface area (Å²) in [6, 6.07) is 9.89. The van der Waals surface area contributed by atoms with E-state index in [1.54, 1.807) is 24.4 Å². The second kappa shape index (κ2) is 7.52. The predicted molar refractivity (Wildman–Crippen MR) is 110 cm³/mol. The zero-order valence-corrected chi connectivity index (χ0v) is 16.1. The Labute approximate surface area is 174 Å². The van der Waals surface area contributed by atoms with Crippen LogP contribution in [0.4, 0.5) is 14.5 Å². The van der Waals surface area contributed by atoms with Crippen LogP contribution in [0.25, 0.3) is 22.2 Å². The molecule has 0 fully saturated rings. The second-order valence-electron chi connectivity index (χ2n) is 6.86. The van der Waals surface area contributed by atoms with Crippen LogP contribution in [-0.2, 0) is 0 Å². The molecule has 0 aliphatic carbocycles. The molecule has 0 radical (unpaired) electrons.